The Hall–Kier alpha value is 0.350. The van der Waals surface area contributed by atoms with Crippen LogP contribution >= 0.6 is 8.38 Å². The number of hydrogen-bond donors (Lipinski definition) is 0. The van der Waals surface area contributed by atoms with E-state index in [4.69, 9.17) is 9.05 Å². The maximum Gasteiger partial charge on any atom is 0.170 e. The molecular weight excluding hydrogens is 171 g/mol. The minimum atomic E-state index is -0.640. The SMILES string of the molecule is CCCP(OC(C)C)OC(C)C. The van der Waals surface area contributed by atoms with Crippen molar-refractivity contribution in [3.05, 3.63) is 0 Å². The molecule has 0 radical (unpaired) electrons. The minimum Gasteiger partial charge on any atom is -0.331 e. The van der Waals surface area contributed by atoms with Crippen LogP contribution in [0.2, 0.25) is 0 Å². The molecule has 0 atom stereocenters. The molecule has 0 aliphatic heterocycles. The van der Waals surface area contributed by atoms with Gasteiger partial charge in [0.1, 0.15) is 0 Å². The van der Waals surface area contributed by atoms with Crippen molar-refractivity contribution < 1.29 is 9.05 Å². The van der Waals surface area contributed by atoms with Crippen molar-refractivity contribution in [3.63, 3.8) is 0 Å². The van der Waals surface area contributed by atoms with E-state index in [9.17, 15) is 0 Å². The maximum atomic E-state index is 5.64. The van der Waals surface area contributed by atoms with E-state index in [-0.39, 0.29) is 12.2 Å². The van der Waals surface area contributed by atoms with Crippen LogP contribution in [0.3, 0.4) is 0 Å². The minimum absolute atomic E-state index is 0.279. The molecule has 0 aliphatic carbocycles. The molecule has 0 saturated carbocycles. The summed E-state index contributed by atoms with van der Waals surface area (Å²) in [5, 5.41) is 0. The molecule has 3 heteroatoms. The molecule has 0 aromatic heterocycles. The molecular formula is C9H21O2P. The fourth-order valence-electron chi connectivity index (χ4n) is 0.783. The fraction of sp³-hybridized carbons (Fsp3) is 1.00. The van der Waals surface area contributed by atoms with E-state index < -0.39 is 8.38 Å². The van der Waals surface area contributed by atoms with Crippen LogP contribution in [-0.4, -0.2) is 18.4 Å². The first-order chi connectivity index (χ1) is 5.56. The maximum absolute atomic E-state index is 5.64. The molecule has 0 N–H and O–H groups in total. The van der Waals surface area contributed by atoms with Crippen LogP contribution in [0, 0.1) is 0 Å². The van der Waals surface area contributed by atoms with E-state index in [0.717, 1.165) is 12.6 Å². The summed E-state index contributed by atoms with van der Waals surface area (Å²) in [5.41, 5.74) is 0. The highest BCUT2D eigenvalue weighted by Gasteiger charge is 2.12. The zero-order valence-corrected chi connectivity index (χ0v) is 9.73. The van der Waals surface area contributed by atoms with Crippen LogP contribution in [0.1, 0.15) is 41.0 Å². The summed E-state index contributed by atoms with van der Waals surface area (Å²) in [6.07, 6.45) is 2.74. The molecule has 0 aromatic rings. The van der Waals surface area contributed by atoms with Gasteiger partial charge in [0.05, 0.1) is 12.2 Å². The fourth-order valence-corrected chi connectivity index (χ4v) is 2.35. The van der Waals surface area contributed by atoms with Gasteiger partial charge >= 0.3 is 0 Å². The third kappa shape index (κ3) is 7.02. The molecule has 0 aromatic carbocycles. The van der Waals surface area contributed by atoms with Gasteiger partial charge in [-0.2, -0.15) is 0 Å². The van der Waals surface area contributed by atoms with Crippen molar-refractivity contribution in [2.24, 2.45) is 0 Å². The van der Waals surface area contributed by atoms with Crippen molar-refractivity contribution in [1.29, 1.82) is 0 Å². The smallest absolute Gasteiger partial charge is 0.170 e. The Bertz CT molecular complexity index is 94.7. The molecule has 2 nitrogen and oxygen atoms in total. The van der Waals surface area contributed by atoms with Crippen molar-refractivity contribution >= 4 is 8.38 Å². The van der Waals surface area contributed by atoms with Gasteiger partial charge in [-0.15, -0.1) is 0 Å². The second kappa shape index (κ2) is 6.82. The van der Waals surface area contributed by atoms with E-state index in [0.29, 0.717) is 0 Å². The molecule has 0 aliphatic rings. The molecule has 0 rings (SSSR count). The molecule has 12 heavy (non-hydrogen) atoms. The highest BCUT2D eigenvalue weighted by molar-refractivity contribution is 7.47. The molecule has 74 valence electrons. The highest BCUT2D eigenvalue weighted by Crippen LogP contribution is 2.41. The third-order valence-electron chi connectivity index (χ3n) is 1.06. The molecule has 0 unspecified atom stereocenters. The van der Waals surface area contributed by atoms with Gasteiger partial charge < -0.3 is 9.05 Å². The first kappa shape index (κ1) is 12.3. The van der Waals surface area contributed by atoms with Crippen molar-refractivity contribution in [1.82, 2.24) is 0 Å². The summed E-state index contributed by atoms with van der Waals surface area (Å²) in [4.78, 5) is 0. The monoisotopic (exact) mass is 192 g/mol. The molecule has 0 amide bonds. The van der Waals surface area contributed by atoms with Gasteiger partial charge in [0.15, 0.2) is 8.38 Å². The van der Waals surface area contributed by atoms with E-state index in [1.807, 2.05) is 0 Å². The quantitative estimate of drug-likeness (QED) is 0.599. The Kier molecular flexibility index (Phi) is 7.02. The van der Waals surface area contributed by atoms with Crippen LogP contribution in [0.4, 0.5) is 0 Å². The zero-order chi connectivity index (χ0) is 9.56. The predicted molar refractivity (Wildman–Crippen MR) is 54.5 cm³/mol. The molecule has 0 heterocycles. The second-order valence-corrected chi connectivity index (χ2v) is 4.90. The van der Waals surface area contributed by atoms with Crippen LogP contribution in [-0.2, 0) is 9.05 Å². The highest BCUT2D eigenvalue weighted by atomic mass is 31.2. The van der Waals surface area contributed by atoms with Crippen LogP contribution in [0.5, 0.6) is 0 Å². The Morgan fingerprint density at radius 1 is 1.00 bits per heavy atom. The topological polar surface area (TPSA) is 18.5 Å². The van der Waals surface area contributed by atoms with E-state index >= 15 is 0 Å². The van der Waals surface area contributed by atoms with E-state index in [1.165, 1.54) is 0 Å². The summed E-state index contributed by atoms with van der Waals surface area (Å²) in [5.74, 6) is 0. The van der Waals surface area contributed by atoms with E-state index in [1.54, 1.807) is 0 Å². The normalized spacial score (nSPS) is 12.0. The van der Waals surface area contributed by atoms with Gasteiger partial charge in [-0.25, -0.2) is 0 Å². The van der Waals surface area contributed by atoms with Gasteiger partial charge in [-0.3, -0.25) is 0 Å². The Morgan fingerprint density at radius 3 is 1.67 bits per heavy atom. The van der Waals surface area contributed by atoms with Crippen LogP contribution in [0.25, 0.3) is 0 Å². The first-order valence-electron chi connectivity index (χ1n) is 4.67. The number of hydrogen-bond acceptors (Lipinski definition) is 2. The van der Waals surface area contributed by atoms with Gasteiger partial charge in [0, 0.05) is 6.16 Å². The Balaban J connectivity index is 3.69. The average molecular weight is 192 g/mol. The molecule has 0 fully saturated rings. The van der Waals surface area contributed by atoms with Crippen molar-refractivity contribution in [2.45, 2.75) is 53.2 Å². The lowest BCUT2D eigenvalue weighted by atomic mass is 10.5. The predicted octanol–water partition coefficient (Wildman–Crippen LogP) is 3.56. The Labute approximate surface area is 77.6 Å². The van der Waals surface area contributed by atoms with Crippen LogP contribution in [0.15, 0.2) is 0 Å². The number of rotatable bonds is 6. The van der Waals surface area contributed by atoms with Gasteiger partial charge in [0.25, 0.3) is 0 Å². The summed E-state index contributed by atoms with van der Waals surface area (Å²) >= 11 is 0. The molecule has 0 saturated heterocycles. The summed E-state index contributed by atoms with van der Waals surface area (Å²) < 4.78 is 11.3. The van der Waals surface area contributed by atoms with Gasteiger partial charge in [-0.05, 0) is 34.1 Å². The van der Waals surface area contributed by atoms with Gasteiger partial charge in [-0.1, -0.05) is 6.92 Å². The largest absolute Gasteiger partial charge is 0.331 e. The molecule has 0 bridgehead atoms. The lowest BCUT2D eigenvalue weighted by Crippen LogP contribution is -2.06. The summed E-state index contributed by atoms with van der Waals surface area (Å²) in [6, 6.07) is 0. The molecule has 0 spiro atoms. The Morgan fingerprint density at radius 2 is 1.42 bits per heavy atom. The lowest BCUT2D eigenvalue weighted by Gasteiger charge is -2.21. The summed E-state index contributed by atoms with van der Waals surface area (Å²) in [6.45, 7) is 10.4. The first-order valence-corrected chi connectivity index (χ1v) is 6.03. The second-order valence-electron chi connectivity index (χ2n) is 3.36. The summed E-state index contributed by atoms with van der Waals surface area (Å²) in [7, 11) is -0.640. The van der Waals surface area contributed by atoms with Crippen molar-refractivity contribution in [2.75, 3.05) is 6.16 Å². The standard InChI is InChI=1S/C9H21O2P/c1-6-7-12(10-8(2)3)11-9(4)5/h8-9H,6-7H2,1-5H3. The van der Waals surface area contributed by atoms with Crippen molar-refractivity contribution in [3.8, 4) is 0 Å². The van der Waals surface area contributed by atoms with Crippen LogP contribution < -0.4 is 0 Å². The lowest BCUT2D eigenvalue weighted by molar-refractivity contribution is 0.177. The average Bonchev–Trinajstić information content (AvgIpc) is 1.84. The third-order valence-corrected chi connectivity index (χ3v) is 3.19. The van der Waals surface area contributed by atoms with E-state index in [2.05, 4.69) is 34.6 Å². The zero-order valence-electron chi connectivity index (χ0n) is 8.83. The van der Waals surface area contributed by atoms with Gasteiger partial charge in [0.2, 0.25) is 0 Å².